The van der Waals surface area contributed by atoms with Crippen LogP contribution >= 0.6 is 11.8 Å². The second-order valence-corrected chi connectivity index (χ2v) is 8.62. The molecule has 2 aliphatic heterocycles. The maximum Gasteiger partial charge on any atom is 0.240 e. The summed E-state index contributed by atoms with van der Waals surface area (Å²) in [6, 6.07) is 16.3. The third kappa shape index (κ3) is 4.36. The van der Waals surface area contributed by atoms with E-state index in [0.717, 1.165) is 49.5 Å². The predicted molar refractivity (Wildman–Crippen MR) is 107 cm³/mol. The lowest BCUT2D eigenvalue weighted by molar-refractivity contribution is -0.130. The fourth-order valence-electron chi connectivity index (χ4n) is 4.14. The third-order valence-electron chi connectivity index (χ3n) is 5.73. The fraction of sp³-hybridized carbons (Fsp3) is 0.409. The number of amides is 1. The molecular formula is C22H25FN2OS. The van der Waals surface area contributed by atoms with E-state index >= 15 is 0 Å². The minimum absolute atomic E-state index is 0.170. The van der Waals surface area contributed by atoms with Crippen LogP contribution in [0.15, 0.2) is 59.5 Å². The maximum atomic E-state index is 13.5. The first kappa shape index (κ1) is 18.5. The van der Waals surface area contributed by atoms with Gasteiger partial charge in [-0.2, -0.15) is 0 Å². The van der Waals surface area contributed by atoms with Gasteiger partial charge in [0.05, 0.1) is 0 Å². The van der Waals surface area contributed by atoms with Crippen LogP contribution in [0, 0.1) is 17.7 Å². The van der Waals surface area contributed by atoms with Crippen molar-refractivity contribution in [2.75, 3.05) is 26.2 Å². The van der Waals surface area contributed by atoms with Crippen LogP contribution in [-0.4, -0.2) is 37.0 Å². The summed E-state index contributed by atoms with van der Waals surface area (Å²) in [5.74, 6) is 1.31. The molecule has 2 heterocycles. The first-order valence-electron chi connectivity index (χ1n) is 9.67. The highest BCUT2D eigenvalue weighted by molar-refractivity contribution is 8.00. The van der Waals surface area contributed by atoms with Crippen LogP contribution < -0.4 is 5.32 Å². The Morgan fingerprint density at radius 1 is 1.00 bits per heavy atom. The topological polar surface area (TPSA) is 32.3 Å². The Balaban J connectivity index is 1.54. The monoisotopic (exact) mass is 384 g/mol. The number of thioether (sulfide) groups is 1. The van der Waals surface area contributed by atoms with Gasteiger partial charge in [0.25, 0.3) is 0 Å². The van der Waals surface area contributed by atoms with Gasteiger partial charge in [-0.3, -0.25) is 4.79 Å². The number of likely N-dealkylation sites (tertiary alicyclic amines) is 1. The Kier molecular flexibility index (Phi) is 5.79. The Morgan fingerprint density at radius 3 is 2.26 bits per heavy atom. The second-order valence-electron chi connectivity index (χ2n) is 7.44. The normalized spacial score (nSPS) is 23.5. The number of nitrogens with zero attached hydrogens (tertiary/aromatic N) is 1. The van der Waals surface area contributed by atoms with Crippen LogP contribution in [0.3, 0.4) is 0 Å². The van der Waals surface area contributed by atoms with E-state index in [1.165, 1.54) is 23.9 Å². The molecule has 2 fully saturated rings. The van der Waals surface area contributed by atoms with Gasteiger partial charge in [-0.15, -0.1) is 11.8 Å². The van der Waals surface area contributed by atoms with Gasteiger partial charge in [0.2, 0.25) is 5.91 Å². The molecule has 0 radical (unpaired) electrons. The maximum absolute atomic E-state index is 13.5. The number of hydrogen-bond acceptors (Lipinski definition) is 3. The lowest BCUT2D eigenvalue weighted by Crippen LogP contribution is -2.35. The molecule has 1 unspecified atom stereocenters. The van der Waals surface area contributed by atoms with E-state index in [-0.39, 0.29) is 17.0 Å². The molecule has 0 aliphatic carbocycles. The molecule has 0 saturated carbocycles. The summed E-state index contributed by atoms with van der Waals surface area (Å²) in [4.78, 5) is 16.4. The zero-order chi connectivity index (χ0) is 18.6. The quantitative estimate of drug-likeness (QED) is 0.805. The molecule has 0 bridgehead atoms. The molecule has 3 atom stereocenters. The number of carbonyl (C=O) groups excluding carboxylic acids is 1. The van der Waals surface area contributed by atoms with Gasteiger partial charge in [0.15, 0.2) is 0 Å². The zero-order valence-corrected chi connectivity index (χ0v) is 16.1. The first-order chi connectivity index (χ1) is 13.2. The van der Waals surface area contributed by atoms with Crippen molar-refractivity contribution < 1.29 is 9.18 Å². The van der Waals surface area contributed by atoms with Crippen LogP contribution in [-0.2, 0) is 4.79 Å². The van der Waals surface area contributed by atoms with Crippen molar-refractivity contribution in [3.63, 3.8) is 0 Å². The molecule has 27 heavy (non-hydrogen) atoms. The average Bonchev–Trinajstić information content (AvgIpc) is 3.06. The van der Waals surface area contributed by atoms with Gasteiger partial charge in [0, 0.05) is 18.0 Å². The summed E-state index contributed by atoms with van der Waals surface area (Å²) >= 11 is 1.51. The van der Waals surface area contributed by atoms with Gasteiger partial charge < -0.3 is 10.2 Å². The van der Waals surface area contributed by atoms with Crippen molar-refractivity contribution in [1.29, 1.82) is 0 Å². The van der Waals surface area contributed by atoms with Crippen molar-refractivity contribution in [3.8, 4) is 0 Å². The summed E-state index contributed by atoms with van der Waals surface area (Å²) in [6.07, 6.45) is 2.15. The van der Waals surface area contributed by atoms with E-state index in [0.29, 0.717) is 11.8 Å². The van der Waals surface area contributed by atoms with Gasteiger partial charge in [-0.25, -0.2) is 4.39 Å². The van der Waals surface area contributed by atoms with Crippen molar-refractivity contribution in [1.82, 2.24) is 10.2 Å². The molecule has 0 aromatic heterocycles. The summed E-state index contributed by atoms with van der Waals surface area (Å²) < 4.78 is 13.3. The van der Waals surface area contributed by atoms with Crippen LogP contribution in [0.1, 0.15) is 23.7 Å². The average molecular weight is 385 g/mol. The van der Waals surface area contributed by atoms with Crippen LogP contribution in [0.25, 0.3) is 0 Å². The predicted octanol–water partition coefficient (Wildman–Crippen LogP) is 4.12. The number of carbonyl (C=O) groups is 1. The van der Waals surface area contributed by atoms with Crippen molar-refractivity contribution in [2.24, 2.45) is 11.8 Å². The molecule has 3 nitrogen and oxygen atoms in total. The molecule has 2 aliphatic rings. The number of halogens is 1. The highest BCUT2D eigenvalue weighted by Gasteiger charge is 2.34. The molecule has 2 saturated heterocycles. The largest absolute Gasteiger partial charge is 0.341 e. The van der Waals surface area contributed by atoms with Gasteiger partial charge in [-0.1, -0.05) is 30.3 Å². The molecular weight excluding hydrogens is 359 g/mol. The number of hydrogen-bond donors (Lipinski definition) is 1. The van der Waals surface area contributed by atoms with Crippen molar-refractivity contribution in [2.45, 2.75) is 23.0 Å². The standard InChI is InChI=1S/C22H25FN2OS/c23-19-6-8-20(9-7-19)27-21(16-4-2-1-3-5-16)22(26)25-12-10-17-14-24-15-18(17)11-13-25/h1-9,17-18,21,24H,10-15H2/t17-,18+,21?. The Bertz CT molecular complexity index is 754. The summed E-state index contributed by atoms with van der Waals surface area (Å²) in [7, 11) is 0. The highest BCUT2D eigenvalue weighted by atomic mass is 32.2. The van der Waals surface area contributed by atoms with Crippen LogP contribution in [0.5, 0.6) is 0 Å². The van der Waals surface area contributed by atoms with Crippen molar-refractivity contribution >= 4 is 17.7 Å². The Hall–Kier alpha value is -1.85. The molecule has 142 valence electrons. The lowest BCUT2D eigenvalue weighted by Gasteiger charge is -2.26. The van der Waals surface area contributed by atoms with E-state index < -0.39 is 0 Å². The molecule has 1 amide bonds. The van der Waals surface area contributed by atoms with Gasteiger partial charge in [0.1, 0.15) is 11.1 Å². The number of benzene rings is 2. The number of fused-ring (bicyclic) bond motifs is 1. The molecule has 2 aromatic carbocycles. The van der Waals surface area contributed by atoms with Crippen LogP contribution in [0.4, 0.5) is 4.39 Å². The molecule has 0 spiro atoms. The smallest absolute Gasteiger partial charge is 0.240 e. The number of nitrogens with one attached hydrogen (secondary N) is 1. The SMILES string of the molecule is O=C(C(Sc1ccc(F)cc1)c1ccccc1)N1CC[C@@H]2CNC[C@@H]2CC1. The highest BCUT2D eigenvalue weighted by Crippen LogP contribution is 2.38. The van der Waals surface area contributed by atoms with Gasteiger partial charge in [-0.05, 0) is 67.6 Å². The summed E-state index contributed by atoms with van der Waals surface area (Å²) in [5.41, 5.74) is 1.00. The Labute approximate surface area is 164 Å². The van der Waals surface area contributed by atoms with Crippen LogP contribution in [0.2, 0.25) is 0 Å². The summed E-state index contributed by atoms with van der Waals surface area (Å²) in [6.45, 7) is 3.82. The molecule has 4 rings (SSSR count). The fourth-order valence-corrected chi connectivity index (χ4v) is 5.25. The van der Waals surface area contributed by atoms with Crippen molar-refractivity contribution in [3.05, 3.63) is 66.0 Å². The summed E-state index contributed by atoms with van der Waals surface area (Å²) in [5, 5.41) is 3.19. The molecule has 2 aromatic rings. The molecule has 1 N–H and O–H groups in total. The van der Waals surface area contributed by atoms with E-state index in [2.05, 4.69) is 5.32 Å². The lowest BCUT2D eigenvalue weighted by atomic mass is 9.92. The van der Waals surface area contributed by atoms with E-state index in [4.69, 9.17) is 0 Å². The zero-order valence-electron chi connectivity index (χ0n) is 15.3. The first-order valence-corrected chi connectivity index (χ1v) is 10.6. The van der Waals surface area contributed by atoms with E-state index in [1.54, 1.807) is 12.1 Å². The van der Waals surface area contributed by atoms with Gasteiger partial charge >= 0.3 is 0 Å². The molecule has 5 heteroatoms. The minimum atomic E-state index is -0.298. The van der Waals surface area contributed by atoms with E-state index in [1.807, 2.05) is 35.2 Å². The number of rotatable bonds is 4. The third-order valence-corrected chi connectivity index (χ3v) is 6.98. The second kappa shape index (κ2) is 8.44. The Morgan fingerprint density at radius 2 is 1.63 bits per heavy atom. The minimum Gasteiger partial charge on any atom is -0.341 e. The van der Waals surface area contributed by atoms with E-state index in [9.17, 15) is 9.18 Å².